The van der Waals surface area contributed by atoms with Gasteiger partial charge in [0.2, 0.25) is 5.91 Å². The molecule has 27 heavy (non-hydrogen) atoms. The first-order valence-corrected chi connectivity index (χ1v) is 8.62. The molecular formula is C22H18N2O3. The molecule has 1 aromatic heterocycles. The van der Waals surface area contributed by atoms with Crippen LogP contribution in [0.2, 0.25) is 0 Å². The van der Waals surface area contributed by atoms with Gasteiger partial charge in [-0.05, 0) is 36.4 Å². The molecule has 0 unspecified atom stereocenters. The Morgan fingerprint density at radius 2 is 1.44 bits per heavy atom. The first-order chi connectivity index (χ1) is 13.2. The molecule has 0 aliphatic carbocycles. The van der Waals surface area contributed by atoms with E-state index in [1.54, 1.807) is 31.4 Å². The fourth-order valence-electron chi connectivity index (χ4n) is 3.33. The second-order valence-electron chi connectivity index (χ2n) is 6.20. The fraction of sp³-hybridized carbons (Fsp3) is 0.0909. The number of anilines is 1. The fourth-order valence-corrected chi connectivity index (χ4v) is 3.33. The van der Waals surface area contributed by atoms with Gasteiger partial charge < -0.3 is 14.6 Å². The molecule has 1 heterocycles. The summed E-state index contributed by atoms with van der Waals surface area (Å²) in [6, 6.07) is 22.0. The number of benzene rings is 3. The minimum Gasteiger partial charge on any atom is -0.495 e. The van der Waals surface area contributed by atoms with Gasteiger partial charge in [0.05, 0.1) is 23.8 Å². The summed E-state index contributed by atoms with van der Waals surface area (Å²) in [5.74, 6) is 0.402. The van der Waals surface area contributed by atoms with Crippen molar-refractivity contribution in [2.24, 2.45) is 0 Å². The lowest BCUT2D eigenvalue weighted by atomic mass is 10.1. The van der Waals surface area contributed by atoms with Gasteiger partial charge in [-0.25, -0.2) is 0 Å². The molecule has 134 valence electrons. The topological polar surface area (TPSA) is 60.3 Å². The zero-order valence-corrected chi connectivity index (χ0v) is 14.8. The highest BCUT2D eigenvalue weighted by molar-refractivity contribution is 5.97. The van der Waals surface area contributed by atoms with E-state index in [9.17, 15) is 9.59 Å². The number of methoxy groups -OCH3 is 1. The third-order valence-electron chi connectivity index (χ3n) is 4.56. The molecule has 0 radical (unpaired) electrons. The maximum Gasteiger partial charge on any atom is 0.244 e. The van der Waals surface area contributed by atoms with E-state index in [4.69, 9.17) is 4.74 Å². The number of pyridine rings is 1. The molecule has 5 heteroatoms. The van der Waals surface area contributed by atoms with E-state index < -0.39 is 0 Å². The predicted octanol–water partition coefficient (Wildman–Crippen LogP) is 3.80. The highest BCUT2D eigenvalue weighted by Gasteiger charge is 2.13. The average Bonchev–Trinajstić information content (AvgIpc) is 2.71. The highest BCUT2D eigenvalue weighted by Crippen LogP contribution is 2.24. The largest absolute Gasteiger partial charge is 0.495 e. The summed E-state index contributed by atoms with van der Waals surface area (Å²) in [4.78, 5) is 25.5. The van der Waals surface area contributed by atoms with Gasteiger partial charge in [0.1, 0.15) is 12.3 Å². The Hall–Kier alpha value is -3.60. The number of para-hydroxylation sites is 4. The molecule has 1 amide bonds. The second-order valence-corrected chi connectivity index (χ2v) is 6.20. The number of carbonyl (C=O) groups excluding carboxylic acids is 1. The van der Waals surface area contributed by atoms with Crippen LogP contribution in [-0.4, -0.2) is 17.6 Å². The Morgan fingerprint density at radius 1 is 0.889 bits per heavy atom. The van der Waals surface area contributed by atoms with Crippen LogP contribution in [0.25, 0.3) is 21.8 Å². The van der Waals surface area contributed by atoms with Gasteiger partial charge in [-0.2, -0.15) is 0 Å². The number of rotatable bonds is 4. The normalized spacial score (nSPS) is 10.9. The molecule has 0 aliphatic heterocycles. The van der Waals surface area contributed by atoms with Crippen LogP contribution >= 0.6 is 0 Å². The van der Waals surface area contributed by atoms with Crippen molar-refractivity contribution < 1.29 is 9.53 Å². The summed E-state index contributed by atoms with van der Waals surface area (Å²) >= 11 is 0. The smallest absolute Gasteiger partial charge is 0.244 e. The third-order valence-corrected chi connectivity index (χ3v) is 4.56. The second kappa shape index (κ2) is 6.96. The van der Waals surface area contributed by atoms with Gasteiger partial charge in [0, 0.05) is 10.8 Å². The minimum absolute atomic E-state index is 0.0254. The van der Waals surface area contributed by atoms with E-state index in [-0.39, 0.29) is 17.9 Å². The van der Waals surface area contributed by atoms with E-state index in [1.807, 2.05) is 53.1 Å². The number of aromatic nitrogens is 1. The first-order valence-electron chi connectivity index (χ1n) is 8.62. The Bertz CT molecular complexity index is 1150. The predicted molar refractivity (Wildman–Crippen MR) is 107 cm³/mol. The van der Waals surface area contributed by atoms with E-state index >= 15 is 0 Å². The summed E-state index contributed by atoms with van der Waals surface area (Å²) in [5, 5.41) is 4.09. The van der Waals surface area contributed by atoms with Crippen LogP contribution in [0.3, 0.4) is 0 Å². The monoisotopic (exact) mass is 358 g/mol. The van der Waals surface area contributed by atoms with Crippen LogP contribution in [0.1, 0.15) is 0 Å². The summed E-state index contributed by atoms with van der Waals surface area (Å²) in [7, 11) is 1.56. The lowest BCUT2D eigenvalue weighted by molar-refractivity contribution is -0.116. The maximum atomic E-state index is 12.8. The molecule has 0 spiro atoms. The van der Waals surface area contributed by atoms with Crippen LogP contribution in [0.5, 0.6) is 5.75 Å². The van der Waals surface area contributed by atoms with Gasteiger partial charge in [-0.1, -0.05) is 36.4 Å². The van der Waals surface area contributed by atoms with E-state index in [2.05, 4.69) is 5.32 Å². The first kappa shape index (κ1) is 16.8. The number of carbonyl (C=O) groups is 1. The molecule has 4 rings (SSSR count). The number of amides is 1. The van der Waals surface area contributed by atoms with Crippen LogP contribution in [0.4, 0.5) is 5.69 Å². The summed E-state index contributed by atoms with van der Waals surface area (Å²) < 4.78 is 7.16. The van der Waals surface area contributed by atoms with Crippen molar-refractivity contribution in [1.82, 2.24) is 4.57 Å². The van der Waals surface area contributed by atoms with Crippen LogP contribution < -0.4 is 15.5 Å². The lowest BCUT2D eigenvalue weighted by Gasteiger charge is -2.16. The van der Waals surface area contributed by atoms with Crippen molar-refractivity contribution in [3.05, 3.63) is 83.0 Å². The Labute approximate surface area is 155 Å². The number of hydrogen-bond donors (Lipinski definition) is 1. The molecule has 5 nitrogen and oxygen atoms in total. The molecule has 4 aromatic rings. The molecule has 0 bridgehead atoms. The lowest BCUT2D eigenvalue weighted by Crippen LogP contribution is -2.21. The van der Waals surface area contributed by atoms with Crippen LogP contribution in [-0.2, 0) is 11.3 Å². The minimum atomic E-state index is -0.196. The van der Waals surface area contributed by atoms with Crippen molar-refractivity contribution in [2.45, 2.75) is 6.54 Å². The van der Waals surface area contributed by atoms with Crippen molar-refractivity contribution in [2.75, 3.05) is 12.4 Å². The van der Waals surface area contributed by atoms with Crippen molar-refractivity contribution in [3.8, 4) is 5.75 Å². The Kier molecular flexibility index (Phi) is 4.34. The van der Waals surface area contributed by atoms with Gasteiger partial charge in [-0.3, -0.25) is 9.59 Å². The van der Waals surface area contributed by atoms with Gasteiger partial charge in [-0.15, -0.1) is 0 Å². The summed E-state index contributed by atoms with van der Waals surface area (Å²) in [6.45, 7) is 0.0827. The van der Waals surface area contributed by atoms with Crippen LogP contribution in [0, 0.1) is 0 Å². The maximum absolute atomic E-state index is 12.8. The zero-order valence-electron chi connectivity index (χ0n) is 14.8. The number of ether oxygens (including phenoxy) is 1. The highest BCUT2D eigenvalue weighted by atomic mass is 16.5. The summed E-state index contributed by atoms with van der Waals surface area (Å²) in [6.07, 6.45) is 0. The number of fused-ring (bicyclic) bond motifs is 2. The van der Waals surface area contributed by atoms with Gasteiger partial charge >= 0.3 is 0 Å². The molecule has 0 saturated heterocycles. The van der Waals surface area contributed by atoms with Crippen LogP contribution in [0.15, 0.2) is 77.6 Å². The Balaban J connectivity index is 1.80. The molecule has 3 aromatic carbocycles. The number of hydrogen-bond acceptors (Lipinski definition) is 3. The van der Waals surface area contributed by atoms with E-state index in [1.165, 1.54) is 0 Å². The van der Waals surface area contributed by atoms with Crippen molar-refractivity contribution in [1.29, 1.82) is 0 Å². The van der Waals surface area contributed by atoms with Gasteiger partial charge in [0.15, 0.2) is 5.43 Å². The standard InChI is InChI=1S/C22H18N2O3/c1-27-20-13-7-4-10-17(20)23-21(25)14-24-18-11-5-2-8-15(18)22(26)16-9-3-6-12-19(16)24/h2-13H,14H2,1H3,(H,23,25). The van der Waals surface area contributed by atoms with Crippen molar-refractivity contribution >= 4 is 33.4 Å². The molecule has 0 fully saturated rings. The number of nitrogens with zero attached hydrogens (tertiary/aromatic N) is 1. The molecule has 1 N–H and O–H groups in total. The summed E-state index contributed by atoms with van der Waals surface area (Å²) in [5.41, 5.74) is 2.05. The SMILES string of the molecule is COc1ccccc1NC(=O)Cn1c2ccccc2c(=O)c2ccccc21. The quantitative estimate of drug-likeness (QED) is 0.565. The van der Waals surface area contributed by atoms with Gasteiger partial charge in [0.25, 0.3) is 0 Å². The van der Waals surface area contributed by atoms with E-state index in [0.29, 0.717) is 22.2 Å². The molecule has 0 saturated carbocycles. The number of nitrogens with one attached hydrogen (secondary N) is 1. The van der Waals surface area contributed by atoms with E-state index in [0.717, 1.165) is 11.0 Å². The molecule has 0 aliphatic rings. The average molecular weight is 358 g/mol. The molecular weight excluding hydrogens is 340 g/mol. The van der Waals surface area contributed by atoms with Crippen molar-refractivity contribution in [3.63, 3.8) is 0 Å². The third kappa shape index (κ3) is 3.04. The molecule has 0 atom stereocenters. The Morgan fingerprint density at radius 3 is 2.07 bits per heavy atom. The zero-order chi connectivity index (χ0) is 18.8.